The topological polar surface area (TPSA) is 44.8 Å². The highest BCUT2D eigenvalue weighted by atomic mass is 16.5. The van der Waals surface area contributed by atoms with Crippen LogP contribution in [0.15, 0.2) is 54.6 Å². The van der Waals surface area contributed by atoms with Gasteiger partial charge in [-0.2, -0.15) is 0 Å². The van der Waals surface area contributed by atoms with Crippen molar-refractivity contribution in [3.8, 4) is 5.75 Å². The van der Waals surface area contributed by atoms with E-state index in [1.807, 2.05) is 54.3 Å². The van der Waals surface area contributed by atoms with Gasteiger partial charge in [0.2, 0.25) is 0 Å². The van der Waals surface area contributed by atoms with E-state index in [-0.39, 0.29) is 6.03 Å². The SMILES string of the molecule is CCOc1ccccc1NC(=O)N1CC(N(CC)c2ccccc2)C1. The molecule has 132 valence electrons. The van der Waals surface area contributed by atoms with Crippen LogP contribution < -0.4 is 15.0 Å². The third-order valence-electron chi connectivity index (χ3n) is 4.45. The smallest absolute Gasteiger partial charge is 0.322 e. The second-order valence-corrected chi connectivity index (χ2v) is 6.04. The highest BCUT2D eigenvalue weighted by Crippen LogP contribution is 2.26. The van der Waals surface area contributed by atoms with Crippen LogP contribution >= 0.6 is 0 Å². The lowest BCUT2D eigenvalue weighted by molar-refractivity contribution is 0.161. The summed E-state index contributed by atoms with van der Waals surface area (Å²) in [7, 11) is 0. The van der Waals surface area contributed by atoms with Crippen LogP contribution in [0.1, 0.15) is 13.8 Å². The molecule has 0 unspecified atom stereocenters. The Labute approximate surface area is 149 Å². The Hall–Kier alpha value is -2.69. The van der Waals surface area contributed by atoms with Gasteiger partial charge in [-0.05, 0) is 38.1 Å². The van der Waals surface area contributed by atoms with E-state index in [1.54, 1.807) is 0 Å². The van der Waals surface area contributed by atoms with Crippen LogP contribution in [0.2, 0.25) is 0 Å². The van der Waals surface area contributed by atoms with Crippen LogP contribution in [0, 0.1) is 0 Å². The van der Waals surface area contributed by atoms with E-state index in [9.17, 15) is 4.79 Å². The maximum atomic E-state index is 12.5. The number of hydrogen-bond donors (Lipinski definition) is 1. The molecule has 2 amide bonds. The fourth-order valence-electron chi connectivity index (χ4n) is 3.13. The first-order valence-corrected chi connectivity index (χ1v) is 8.82. The van der Waals surface area contributed by atoms with Gasteiger partial charge in [-0.25, -0.2) is 4.79 Å². The van der Waals surface area contributed by atoms with Crippen molar-refractivity contribution < 1.29 is 9.53 Å². The van der Waals surface area contributed by atoms with Gasteiger partial charge in [-0.1, -0.05) is 30.3 Å². The number of amides is 2. The van der Waals surface area contributed by atoms with Gasteiger partial charge in [0.15, 0.2) is 0 Å². The predicted octanol–water partition coefficient (Wildman–Crippen LogP) is 3.83. The molecule has 0 bridgehead atoms. The van der Waals surface area contributed by atoms with Crippen LogP contribution in [-0.2, 0) is 0 Å². The molecule has 5 heteroatoms. The molecule has 0 aromatic heterocycles. The van der Waals surface area contributed by atoms with Gasteiger partial charge in [-0.15, -0.1) is 0 Å². The zero-order valence-electron chi connectivity index (χ0n) is 14.8. The van der Waals surface area contributed by atoms with Crippen LogP contribution in [0.25, 0.3) is 0 Å². The molecule has 25 heavy (non-hydrogen) atoms. The molecule has 1 fully saturated rings. The molecule has 2 aromatic rings. The number of para-hydroxylation sites is 3. The minimum Gasteiger partial charge on any atom is -0.492 e. The quantitative estimate of drug-likeness (QED) is 0.870. The number of hydrogen-bond acceptors (Lipinski definition) is 3. The van der Waals surface area contributed by atoms with Crippen molar-refractivity contribution in [3.05, 3.63) is 54.6 Å². The number of carbonyl (C=O) groups excluding carboxylic acids is 1. The lowest BCUT2D eigenvalue weighted by Gasteiger charge is -2.46. The van der Waals surface area contributed by atoms with Crippen molar-refractivity contribution in [1.29, 1.82) is 0 Å². The number of carbonyl (C=O) groups is 1. The number of ether oxygens (including phenoxy) is 1. The molecular formula is C20H25N3O2. The Morgan fingerprint density at radius 2 is 1.80 bits per heavy atom. The van der Waals surface area contributed by atoms with E-state index in [0.29, 0.717) is 24.1 Å². The van der Waals surface area contributed by atoms with Crippen LogP contribution in [-0.4, -0.2) is 43.2 Å². The van der Waals surface area contributed by atoms with Gasteiger partial charge in [-0.3, -0.25) is 0 Å². The van der Waals surface area contributed by atoms with E-state index >= 15 is 0 Å². The zero-order valence-corrected chi connectivity index (χ0v) is 14.8. The van der Waals surface area contributed by atoms with E-state index in [2.05, 4.69) is 29.3 Å². The molecule has 1 aliphatic heterocycles. The number of nitrogens with one attached hydrogen (secondary N) is 1. The minimum atomic E-state index is -0.0764. The van der Waals surface area contributed by atoms with Gasteiger partial charge >= 0.3 is 6.03 Å². The molecule has 0 radical (unpaired) electrons. The fourth-order valence-corrected chi connectivity index (χ4v) is 3.13. The van der Waals surface area contributed by atoms with E-state index in [1.165, 1.54) is 5.69 Å². The Morgan fingerprint density at radius 1 is 1.12 bits per heavy atom. The predicted molar refractivity (Wildman–Crippen MR) is 101 cm³/mol. The number of anilines is 2. The van der Waals surface area contributed by atoms with Crippen molar-refractivity contribution in [2.45, 2.75) is 19.9 Å². The molecule has 2 aromatic carbocycles. The number of rotatable bonds is 6. The summed E-state index contributed by atoms with van der Waals surface area (Å²) in [5, 5.41) is 2.96. The first-order valence-electron chi connectivity index (χ1n) is 8.82. The van der Waals surface area contributed by atoms with Crippen molar-refractivity contribution in [2.75, 3.05) is 36.5 Å². The lowest BCUT2D eigenvalue weighted by atomic mass is 10.1. The minimum absolute atomic E-state index is 0.0764. The lowest BCUT2D eigenvalue weighted by Crippen LogP contribution is -2.62. The Morgan fingerprint density at radius 3 is 2.48 bits per heavy atom. The molecule has 3 rings (SSSR count). The molecule has 0 aliphatic carbocycles. The molecule has 1 saturated heterocycles. The number of likely N-dealkylation sites (N-methyl/N-ethyl adjacent to an activating group) is 1. The summed E-state index contributed by atoms with van der Waals surface area (Å²) in [5.74, 6) is 0.704. The van der Waals surface area contributed by atoms with Crippen LogP contribution in [0.4, 0.5) is 16.2 Å². The molecule has 1 aliphatic rings. The van der Waals surface area contributed by atoms with E-state index < -0.39 is 0 Å². The number of likely N-dealkylation sites (tertiary alicyclic amines) is 1. The highest BCUT2D eigenvalue weighted by molar-refractivity contribution is 5.91. The molecule has 0 atom stereocenters. The van der Waals surface area contributed by atoms with Gasteiger partial charge in [0, 0.05) is 25.3 Å². The molecule has 0 saturated carbocycles. The Bertz CT molecular complexity index is 699. The second kappa shape index (κ2) is 7.92. The summed E-state index contributed by atoms with van der Waals surface area (Å²) in [4.78, 5) is 16.7. The zero-order chi connectivity index (χ0) is 17.6. The standard InChI is InChI=1S/C20H25N3O2/c1-3-23(16-10-6-5-7-11-16)17-14-22(15-17)20(24)21-18-12-8-9-13-19(18)25-4-2/h5-13,17H,3-4,14-15H2,1-2H3,(H,21,24). The molecule has 1 N–H and O–H groups in total. The van der Waals surface area contributed by atoms with Gasteiger partial charge in [0.25, 0.3) is 0 Å². The normalized spacial score (nSPS) is 13.9. The summed E-state index contributed by atoms with van der Waals surface area (Å²) in [5.41, 5.74) is 1.92. The third kappa shape index (κ3) is 3.87. The monoisotopic (exact) mass is 339 g/mol. The summed E-state index contributed by atoms with van der Waals surface area (Å²) in [6.07, 6.45) is 0. The summed E-state index contributed by atoms with van der Waals surface area (Å²) in [6, 6.07) is 18.2. The van der Waals surface area contributed by atoms with Crippen molar-refractivity contribution in [3.63, 3.8) is 0 Å². The average Bonchev–Trinajstić information content (AvgIpc) is 2.60. The van der Waals surface area contributed by atoms with Gasteiger partial charge < -0.3 is 19.9 Å². The number of nitrogens with zero attached hydrogens (tertiary/aromatic N) is 2. The Balaban J connectivity index is 1.58. The van der Waals surface area contributed by atoms with Crippen LogP contribution in [0.5, 0.6) is 5.75 Å². The van der Waals surface area contributed by atoms with Gasteiger partial charge in [0.05, 0.1) is 18.3 Å². The highest BCUT2D eigenvalue weighted by Gasteiger charge is 2.34. The molecule has 5 nitrogen and oxygen atoms in total. The van der Waals surface area contributed by atoms with E-state index in [4.69, 9.17) is 4.74 Å². The maximum Gasteiger partial charge on any atom is 0.322 e. The van der Waals surface area contributed by atoms with Crippen LogP contribution in [0.3, 0.4) is 0 Å². The molecular weight excluding hydrogens is 314 g/mol. The van der Waals surface area contributed by atoms with Gasteiger partial charge in [0.1, 0.15) is 5.75 Å². The summed E-state index contributed by atoms with van der Waals surface area (Å²) in [6.45, 7) is 7.03. The summed E-state index contributed by atoms with van der Waals surface area (Å²) >= 11 is 0. The fraction of sp³-hybridized carbons (Fsp3) is 0.350. The largest absolute Gasteiger partial charge is 0.492 e. The van der Waals surface area contributed by atoms with Crippen molar-refractivity contribution >= 4 is 17.4 Å². The summed E-state index contributed by atoms with van der Waals surface area (Å²) < 4.78 is 5.56. The second-order valence-electron chi connectivity index (χ2n) is 6.04. The third-order valence-corrected chi connectivity index (χ3v) is 4.45. The molecule has 1 heterocycles. The first kappa shape index (κ1) is 17.1. The van der Waals surface area contributed by atoms with Crippen molar-refractivity contribution in [2.24, 2.45) is 0 Å². The Kier molecular flexibility index (Phi) is 5.43. The van der Waals surface area contributed by atoms with E-state index in [0.717, 1.165) is 19.6 Å². The average molecular weight is 339 g/mol. The molecule has 0 spiro atoms. The number of benzene rings is 2. The number of urea groups is 1. The first-order chi connectivity index (χ1) is 12.2. The van der Waals surface area contributed by atoms with Crippen molar-refractivity contribution in [1.82, 2.24) is 4.90 Å². The maximum absolute atomic E-state index is 12.5.